The van der Waals surface area contributed by atoms with Crippen LogP contribution in [0.3, 0.4) is 0 Å². The summed E-state index contributed by atoms with van der Waals surface area (Å²) in [6.45, 7) is 2.61. The molecule has 0 saturated carbocycles. The molecule has 32 heavy (non-hydrogen) atoms. The average molecular weight is 430 g/mol. The maximum atomic E-state index is 13.9. The molecule has 4 heterocycles. The average Bonchev–Trinajstić information content (AvgIpc) is 3.54. The van der Waals surface area contributed by atoms with Gasteiger partial charge in [-0.3, -0.25) is 13.8 Å². The van der Waals surface area contributed by atoms with Gasteiger partial charge in [0.1, 0.15) is 29.0 Å². The van der Waals surface area contributed by atoms with Crippen molar-refractivity contribution in [2.75, 3.05) is 6.61 Å². The minimum Gasteiger partial charge on any atom is -0.376 e. The lowest BCUT2D eigenvalue weighted by molar-refractivity contribution is 0.108. The summed E-state index contributed by atoms with van der Waals surface area (Å²) in [7, 11) is 0. The van der Waals surface area contributed by atoms with Crippen LogP contribution in [0.15, 0.2) is 65.8 Å². The predicted octanol–water partition coefficient (Wildman–Crippen LogP) is 3.39. The summed E-state index contributed by atoms with van der Waals surface area (Å²) in [6.07, 6.45) is 3.90. The third-order valence-corrected chi connectivity index (χ3v) is 6.12. The Bertz CT molecular complexity index is 1520. The molecule has 1 aliphatic heterocycles. The van der Waals surface area contributed by atoms with Crippen molar-refractivity contribution in [1.82, 2.24) is 28.9 Å². The van der Waals surface area contributed by atoms with Crippen molar-refractivity contribution in [3.05, 3.63) is 77.2 Å². The fourth-order valence-electron chi connectivity index (χ4n) is 4.58. The highest BCUT2D eigenvalue weighted by atomic mass is 19.1. The van der Waals surface area contributed by atoms with Gasteiger partial charge in [-0.2, -0.15) is 0 Å². The number of para-hydroxylation sites is 2. The van der Waals surface area contributed by atoms with E-state index in [1.165, 1.54) is 12.1 Å². The Balaban J connectivity index is 1.65. The molecule has 9 heteroatoms. The first kappa shape index (κ1) is 18.9. The van der Waals surface area contributed by atoms with Crippen LogP contribution < -0.4 is 5.56 Å². The molecule has 160 valence electrons. The third-order valence-electron chi connectivity index (χ3n) is 6.12. The van der Waals surface area contributed by atoms with E-state index in [0.29, 0.717) is 29.2 Å². The van der Waals surface area contributed by atoms with E-state index in [-0.39, 0.29) is 23.5 Å². The van der Waals surface area contributed by atoms with Crippen LogP contribution in [0.4, 0.5) is 4.39 Å². The third kappa shape index (κ3) is 2.71. The molecular formula is C23H19FN6O2. The van der Waals surface area contributed by atoms with Crippen molar-refractivity contribution in [1.29, 1.82) is 0 Å². The molecule has 2 unspecified atom stereocenters. The number of ether oxygens (including phenoxy) is 1. The Morgan fingerprint density at radius 3 is 2.62 bits per heavy atom. The van der Waals surface area contributed by atoms with Crippen LogP contribution in [0.25, 0.3) is 33.6 Å². The summed E-state index contributed by atoms with van der Waals surface area (Å²) in [5.74, 6) is -0.342. The van der Waals surface area contributed by atoms with Crippen molar-refractivity contribution in [3.63, 3.8) is 0 Å². The van der Waals surface area contributed by atoms with E-state index in [1.807, 2.05) is 40.2 Å². The zero-order valence-corrected chi connectivity index (χ0v) is 17.2. The molecule has 5 aromatic rings. The fraction of sp³-hybridized carbons (Fsp3) is 0.217. The van der Waals surface area contributed by atoms with Gasteiger partial charge in [-0.05, 0) is 49.7 Å². The van der Waals surface area contributed by atoms with Crippen molar-refractivity contribution < 1.29 is 9.13 Å². The Morgan fingerprint density at radius 2 is 1.88 bits per heavy atom. The van der Waals surface area contributed by atoms with Crippen LogP contribution in [0.1, 0.15) is 19.4 Å². The second-order valence-electron chi connectivity index (χ2n) is 7.92. The Hall–Kier alpha value is -3.85. The normalized spacial score (nSPS) is 18.7. The van der Waals surface area contributed by atoms with Crippen LogP contribution in [0.2, 0.25) is 0 Å². The molecule has 0 aliphatic carbocycles. The summed E-state index contributed by atoms with van der Waals surface area (Å²) in [5, 5.41) is 8.18. The van der Waals surface area contributed by atoms with E-state index in [1.54, 1.807) is 29.3 Å². The van der Waals surface area contributed by atoms with Gasteiger partial charge >= 0.3 is 0 Å². The molecule has 0 spiro atoms. The molecule has 6 rings (SSSR count). The minimum atomic E-state index is -0.342. The molecule has 2 aromatic carbocycles. The van der Waals surface area contributed by atoms with Crippen LogP contribution in [-0.2, 0) is 4.74 Å². The van der Waals surface area contributed by atoms with Gasteiger partial charge < -0.3 is 4.74 Å². The number of aromatic nitrogens is 6. The molecule has 0 amide bonds. The minimum absolute atomic E-state index is 0.0692. The lowest BCUT2D eigenvalue weighted by Gasteiger charge is -2.21. The smallest absolute Gasteiger partial charge is 0.278 e. The lowest BCUT2D eigenvalue weighted by Crippen LogP contribution is -2.30. The van der Waals surface area contributed by atoms with Crippen molar-refractivity contribution in [3.8, 4) is 17.1 Å². The van der Waals surface area contributed by atoms with Crippen molar-refractivity contribution >= 4 is 16.6 Å². The summed E-state index contributed by atoms with van der Waals surface area (Å²) in [5.41, 5.74) is 3.64. The topological polar surface area (TPSA) is 79.2 Å². The molecule has 2 atom stereocenters. The van der Waals surface area contributed by atoms with Gasteiger partial charge in [0.15, 0.2) is 0 Å². The SMILES string of the molecule is CC1OCCC1n1c(=O)c2c(-c3cnnn3-c3ccc(F)cc3)ncn2c2ccccc21. The molecule has 1 aliphatic rings. The summed E-state index contributed by atoms with van der Waals surface area (Å²) in [6, 6.07) is 13.6. The first-order valence-corrected chi connectivity index (χ1v) is 10.4. The summed E-state index contributed by atoms with van der Waals surface area (Å²) in [4.78, 5) is 18.5. The predicted molar refractivity (Wildman–Crippen MR) is 116 cm³/mol. The van der Waals surface area contributed by atoms with Gasteiger partial charge in [0.2, 0.25) is 0 Å². The van der Waals surface area contributed by atoms with E-state index in [2.05, 4.69) is 15.3 Å². The second kappa shape index (κ2) is 7.10. The van der Waals surface area contributed by atoms with Gasteiger partial charge in [0.05, 0.1) is 35.1 Å². The number of nitrogens with zero attached hydrogens (tertiary/aromatic N) is 6. The van der Waals surface area contributed by atoms with Gasteiger partial charge in [0.25, 0.3) is 5.56 Å². The highest BCUT2D eigenvalue weighted by molar-refractivity contribution is 5.84. The molecular weight excluding hydrogens is 411 g/mol. The molecule has 0 bridgehead atoms. The second-order valence-corrected chi connectivity index (χ2v) is 7.92. The first-order valence-electron chi connectivity index (χ1n) is 10.4. The molecule has 0 N–H and O–H groups in total. The number of benzene rings is 2. The van der Waals surface area contributed by atoms with Crippen LogP contribution >= 0.6 is 0 Å². The fourth-order valence-corrected chi connectivity index (χ4v) is 4.58. The number of imidazole rings is 1. The van der Waals surface area contributed by atoms with E-state index in [4.69, 9.17) is 4.74 Å². The monoisotopic (exact) mass is 430 g/mol. The Labute approximate surface area is 181 Å². The van der Waals surface area contributed by atoms with Gasteiger partial charge in [0, 0.05) is 6.61 Å². The van der Waals surface area contributed by atoms with Crippen molar-refractivity contribution in [2.45, 2.75) is 25.5 Å². The van der Waals surface area contributed by atoms with Gasteiger partial charge in [-0.25, -0.2) is 14.1 Å². The zero-order chi connectivity index (χ0) is 21.8. The molecule has 1 saturated heterocycles. The van der Waals surface area contributed by atoms with E-state index in [9.17, 15) is 9.18 Å². The number of hydrogen-bond acceptors (Lipinski definition) is 5. The molecule has 1 fully saturated rings. The quantitative estimate of drug-likeness (QED) is 0.438. The van der Waals surface area contributed by atoms with Crippen LogP contribution in [0, 0.1) is 5.82 Å². The Kier molecular flexibility index (Phi) is 4.19. The number of hydrogen-bond donors (Lipinski definition) is 0. The highest BCUT2D eigenvalue weighted by Crippen LogP contribution is 2.30. The maximum Gasteiger partial charge on any atom is 0.278 e. The van der Waals surface area contributed by atoms with E-state index in [0.717, 1.165) is 17.5 Å². The van der Waals surface area contributed by atoms with Crippen LogP contribution in [-0.4, -0.2) is 41.7 Å². The highest BCUT2D eigenvalue weighted by Gasteiger charge is 2.30. The Morgan fingerprint density at radius 1 is 1.09 bits per heavy atom. The number of fused-ring (bicyclic) bond motifs is 3. The van der Waals surface area contributed by atoms with E-state index >= 15 is 0 Å². The van der Waals surface area contributed by atoms with Crippen molar-refractivity contribution in [2.24, 2.45) is 0 Å². The maximum absolute atomic E-state index is 13.9. The zero-order valence-electron chi connectivity index (χ0n) is 17.2. The molecule has 3 aromatic heterocycles. The lowest BCUT2D eigenvalue weighted by atomic mass is 10.1. The summed E-state index contributed by atoms with van der Waals surface area (Å²) >= 11 is 0. The summed E-state index contributed by atoms with van der Waals surface area (Å²) < 4.78 is 24.4. The number of halogens is 1. The van der Waals surface area contributed by atoms with Gasteiger partial charge in [-0.15, -0.1) is 5.10 Å². The molecule has 0 radical (unpaired) electrons. The van der Waals surface area contributed by atoms with Crippen LogP contribution in [0.5, 0.6) is 0 Å². The first-order chi connectivity index (χ1) is 15.6. The number of rotatable bonds is 3. The standard InChI is InChI=1S/C23H19FN6O2/c1-14-17(10-11-32-14)29-19-5-3-2-4-18(19)28-13-25-21(22(28)23(29)31)20-12-26-27-30(20)16-8-6-15(24)7-9-16/h2-9,12-14,17H,10-11H2,1H3. The van der Waals surface area contributed by atoms with Gasteiger partial charge in [-0.1, -0.05) is 17.3 Å². The largest absolute Gasteiger partial charge is 0.376 e. The van der Waals surface area contributed by atoms with E-state index < -0.39 is 0 Å². The molecule has 8 nitrogen and oxygen atoms in total.